The second-order valence-corrected chi connectivity index (χ2v) is 8.46. The molecule has 1 aliphatic rings. The van der Waals surface area contributed by atoms with Crippen LogP contribution in [0.3, 0.4) is 0 Å². The Kier molecular flexibility index (Phi) is 5.44. The number of benzene rings is 1. The number of piperidine rings is 1. The largest absolute Gasteiger partial charge is 0.345 e. The van der Waals surface area contributed by atoms with Gasteiger partial charge in [-0.2, -0.15) is 0 Å². The van der Waals surface area contributed by atoms with Crippen molar-refractivity contribution in [3.05, 3.63) is 29.0 Å². The van der Waals surface area contributed by atoms with E-state index in [1.165, 1.54) is 17.0 Å². The van der Waals surface area contributed by atoms with E-state index >= 15 is 0 Å². The SMILES string of the molecule is C[NH+]1C(C)(C)CC(NC(=O)C(=O)Nc2ccc(Cl)c(F)c2)CC1(C)C. The summed E-state index contributed by atoms with van der Waals surface area (Å²) in [5.74, 6) is -2.18. The molecule has 1 aromatic rings. The lowest BCUT2D eigenvalue weighted by atomic mass is 9.77. The summed E-state index contributed by atoms with van der Waals surface area (Å²) in [5.41, 5.74) is 0.154. The second-order valence-electron chi connectivity index (χ2n) is 8.05. The molecule has 1 heterocycles. The van der Waals surface area contributed by atoms with Crippen molar-refractivity contribution >= 4 is 29.1 Å². The number of quaternary nitrogens is 1. The molecule has 2 amide bonds. The fraction of sp³-hybridized carbons (Fsp3) is 0.556. The number of hydrogen-bond donors (Lipinski definition) is 3. The molecule has 0 radical (unpaired) electrons. The van der Waals surface area contributed by atoms with Gasteiger partial charge < -0.3 is 15.5 Å². The maximum absolute atomic E-state index is 13.4. The molecule has 0 atom stereocenters. The van der Waals surface area contributed by atoms with E-state index in [0.717, 1.165) is 18.9 Å². The minimum absolute atomic E-state index is 0.0184. The van der Waals surface area contributed by atoms with Crippen molar-refractivity contribution < 1.29 is 18.9 Å². The van der Waals surface area contributed by atoms with E-state index in [2.05, 4.69) is 45.4 Å². The van der Waals surface area contributed by atoms with Crippen LogP contribution in [-0.2, 0) is 9.59 Å². The highest BCUT2D eigenvalue weighted by Crippen LogP contribution is 2.23. The average molecular weight is 371 g/mol. The zero-order valence-corrected chi connectivity index (χ0v) is 16.1. The number of halogens is 2. The van der Waals surface area contributed by atoms with Crippen LogP contribution in [-0.4, -0.2) is 36.0 Å². The average Bonchev–Trinajstić information content (AvgIpc) is 2.48. The van der Waals surface area contributed by atoms with Crippen LogP contribution in [0, 0.1) is 5.82 Å². The summed E-state index contributed by atoms with van der Waals surface area (Å²) in [4.78, 5) is 25.7. The van der Waals surface area contributed by atoms with Crippen LogP contribution in [0.2, 0.25) is 5.02 Å². The van der Waals surface area contributed by atoms with Gasteiger partial charge in [-0.15, -0.1) is 0 Å². The predicted octanol–water partition coefficient (Wildman–Crippen LogP) is 1.77. The molecule has 0 saturated carbocycles. The summed E-state index contributed by atoms with van der Waals surface area (Å²) in [6.07, 6.45) is 1.55. The Morgan fingerprint density at radius 3 is 2.24 bits per heavy atom. The quantitative estimate of drug-likeness (QED) is 0.695. The Balaban J connectivity index is 2.01. The molecule has 138 valence electrons. The molecule has 0 bridgehead atoms. The number of carbonyl (C=O) groups is 2. The minimum atomic E-state index is -0.816. The van der Waals surface area contributed by atoms with Gasteiger partial charge >= 0.3 is 11.8 Å². The third-order valence-corrected chi connectivity index (χ3v) is 5.57. The van der Waals surface area contributed by atoms with Gasteiger partial charge in [-0.05, 0) is 45.9 Å². The van der Waals surface area contributed by atoms with Crippen LogP contribution in [0.4, 0.5) is 10.1 Å². The van der Waals surface area contributed by atoms with Crippen LogP contribution < -0.4 is 15.5 Å². The first-order valence-electron chi connectivity index (χ1n) is 8.34. The molecule has 1 fully saturated rings. The van der Waals surface area contributed by atoms with Crippen molar-refractivity contribution in [1.29, 1.82) is 0 Å². The zero-order valence-electron chi connectivity index (χ0n) is 15.3. The van der Waals surface area contributed by atoms with Crippen molar-refractivity contribution in [2.75, 3.05) is 12.4 Å². The smallest absolute Gasteiger partial charge is 0.313 e. The Labute approximate surface area is 152 Å². The van der Waals surface area contributed by atoms with E-state index in [0.29, 0.717) is 0 Å². The molecule has 25 heavy (non-hydrogen) atoms. The van der Waals surface area contributed by atoms with Crippen LogP contribution in [0.15, 0.2) is 18.2 Å². The molecule has 2 rings (SSSR count). The van der Waals surface area contributed by atoms with Gasteiger partial charge in [0.2, 0.25) is 0 Å². The summed E-state index contributed by atoms with van der Waals surface area (Å²) in [6.45, 7) is 8.61. The van der Waals surface area contributed by atoms with Gasteiger partial charge in [0, 0.05) is 24.6 Å². The van der Waals surface area contributed by atoms with Crippen LogP contribution in [0.25, 0.3) is 0 Å². The van der Waals surface area contributed by atoms with Crippen molar-refractivity contribution in [2.24, 2.45) is 0 Å². The third kappa shape index (κ3) is 4.50. The second kappa shape index (κ2) is 6.92. The minimum Gasteiger partial charge on any atom is -0.345 e. The lowest BCUT2D eigenvalue weighted by Crippen LogP contribution is -3.24. The number of amides is 2. The van der Waals surface area contributed by atoms with Gasteiger partial charge in [0.15, 0.2) is 0 Å². The highest BCUT2D eigenvalue weighted by molar-refractivity contribution is 6.39. The normalized spacial score (nSPS) is 24.4. The Morgan fingerprint density at radius 2 is 1.72 bits per heavy atom. The lowest BCUT2D eigenvalue weighted by molar-refractivity contribution is -0.982. The van der Waals surface area contributed by atoms with E-state index in [9.17, 15) is 14.0 Å². The number of anilines is 1. The van der Waals surface area contributed by atoms with Crippen molar-refractivity contribution in [1.82, 2.24) is 5.32 Å². The monoisotopic (exact) mass is 370 g/mol. The van der Waals surface area contributed by atoms with E-state index < -0.39 is 17.6 Å². The highest BCUT2D eigenvalue weighted by Gasteiger charge is 2.47. The first-order valence-corrected chi connectivity index (χ1v) is 8.71. The van der Waals surface area contributed by atoms with Gasteiger partial charge in [0.25, 0.3) is 0 Å². The van der Waals surface area contributed by atoms with Crippen molar-refractivity contribution in [2.45, 2.75) is 57.7 Å². The number of rotatable bonds is 2. The molecular formula is C18H26ClFN3O2+. The summed E-state index contributed by atoms with van der Waals surface area (Å²) in [5, 5.41) is 5.17. The lowest BCUT2D eigenvalue weighted by Gasteiger charge is -2.50. The molecule has 0 spiro atoms. The van der Waals surface area contributed by atoms with Crippen LogP contribution in [0.5, 0.6) is 0 Å². The molecule has 1 saturated heterocycles. The summed E-state index contributed by atoms with van der Waals surface area (Å²) < 4.78 is 13.4. The molecule has 1 aromatic carbocycles. The van der Waals surface area contributed by atoms with Gasteiger partial charge in [-0.25, -0.2) is 4.39 Å². The first kappa shape index (κ1) is 19.7. The number of likely N-dealkylation sites (tertiary alicyclic amines) is 1. The van der Waals surface area contributed by atoms with Crippen molar-refractivity contribution in [3.63, 3.8) is 0 Å². The molecule has 1 aliphatic heterocycles. The maximum atomic E-state index is 13.4. The first-order chi connectivity index (χ1) is 11.4. The topological polar surface area (TPSA) is 62.6 Å². The highest BCUT2D eigenvalue weighted by atomic mass is 35.5. The fourth-order valence-corrected chi connectivity index (χ4v) is 3.76. The zero-order chi connectivity index (χ0) is 19.0. The van der Waals surface area contributed by atoms with E-state index in [-0.39, 0.29) is 27.8 Å². The standard InChI is InChI=1S/C18H25ClFN3O2/c1-17(2)9-12(10-18(3,4)23(17)5)22-16(25)15(24)21-11-6-7-13(19)14(20)8-11/h6-8,12H,9-10H2,1-5H3,(H,21,24)(H,22,25)/p+1. The maximum Gasteiger partial charge on any atom is 0.313 e. The van der Waals surface area contributed by atoms with E-state index in [1.807, 2.05) is 0 Å². The summed E-state index contributed by atoms with van der Waals surface area (Å²) in [7, 11) is 2.15. The molecule has 7 heteroatoms. The molecule has 3 N–H and O–H groups in total. The number of carbonyl (C=O) groups excluding carboxylic acids is 2. The Bertz CT molecular complexity index is 673. The Morgan fingerprint density at radius 1 is 1.16 bits per heavy atom. The number of nitrogens with one attached hydrogen (secondary N) is 3. The summed E-state index contributed by atoms with van der Waals surface area (Å²) in [6, 6.07) is 3.77. The molecule has 0 unspecified atom stereocenters. The van der Waals surface area contributed by atoms with Crippen LogP contribution in [0.1, 0.15) is 40.5 Å². The van der Waals surface area contributed by atoms with Gasteiger partial charge in [-0.1, -0.05) is 11.6 Å². The predicted molar refractivity (Wildman–Crippen MR) is 96.2 cm³/mol. The number of hydrogen-bond acceptors (Lipinski definition) is 2. The fourth-order valence-electron chi connectivity index (χ4n) is 3.64. The molecule has 0 aromatic heterocycles. The molecular weight excluding hydrogens is 345 g/mol. The molecule has 0 aliphatic carbocycles. The summed E-state index contributed by atoms with van der Waals surface area (Å²) >= 11 is 5.60. The van der Waals surface area contributed by atoms with E-state index in [4.69, 9.17) is 11.6 Å². The van der Waals surface area contributed by atoms with Gasteiger partial charge in [0.1, 0.15) is 5.82 Å². The third-order valence-electron chi connectivity index (χ3n) is 5.26. The Hall–Kier alpha value is -1.66. The van der Waals surface area contributed by atoms with Gasteiger partial charge in [-0.3, -0.25) is 9.59 Å². The molecule has 5 nitrogen and oxygen atoms in total. The van der Waals surface area contributed by atoms with Gasteiger partial charge in [0.05, 0.1) is 23.1 Å². The van der Waals surface area contributed by atoms with Crippen LogP contribution >= 0.6 is 11.6 Å². The van der Waals surface area contributed by atoms with E-state index in [1.54, 1.807) is 0 Å². The van der Waals surface area contributed by atoms with Crippen molar-refractivity contribution in [3.8, 4) is 0 Å².